The number of carbonyl (C=O) groups is 1. The highest BCUT2D eigenvalue weighted by Gasteiger charge is 2.18. The predicted octanol–water partition coefficient (Wildman–Crippen LogP) is 1.43. The molecular formula is C13H15NO3S. The fourth-order valence-corrected chi connectivity index (χ4v) is 2.03. The van der Waals surface area contributed by atoms with E-state index >= 15 is 0 Å². The molecule has 0 aromatic heterocycles. The second-order valence-corrected chi connectivity index (χ2v) is 5.09. The Bertz CT molecular complexity index is 439. The zero-order valence-electron chi connectivity index (χ0n) is 10.0. The van der Waals surface area contributed by atoms with Crippen molar-refractivity contribution in [3.63, 3.8) is 0 Å². The maximum absolute atomic E-state index is 10.8. The summed E-state index contributed by atoms with van der Waals surface area (Å²) in [6.45, 7) is 1.42. The van der Waals surface area contributed by atoms with Gasteiger partial charge in [0.2, 0.25) is 0 Å². The van der Waals surface area contributed by atoms with Crippen molar-refractivity contribution in [2.45, 2.75) is 25.6 Å². The van der Waals surface area contributed by atoms with Crippen molar-refractivity contribution in [2.24, 2.45) is 0 Å². The summed E-state index contributed by atoms with van der Waals surface area (Å²) in [5.74, 6) is 0.163. The number of nitrogens with zero attached hydrogens (tertiary/aromatic N) is 1. The van der Waals surface area contributed by atoms with Crippen molar-refractivity contribution in [3.8, 4) is 6.07 Å². The van der Waals surface area contributed by atoms with Crippen LogP contribution in [0.1, 0.15) is 24.2 Å². The van der Waals surface area contributed by atoms with E-state index in [0.717, 1.165) is 17.3 Å². The first-order valence-electron chi connectivity index (χ1n) is 5.50. The lowest BCUT2D eigenvalue weighted by molar-refractivity contribution is -0.109. The summed E-state index contributed by atoms with van der Waals surface area (Å²) in [5, 5.41) is 28.0. The van der Waals surface area contributed by atoms with Crippen LogP contribution in [0.4, 0.5) is 0 Å². The van der Waals surface area contributed by atoms with Gasteiger partial charge in [-0.1, -0.05) is 36.0 Å². The van der Waals surface area contributed by atoms with Crippen LogP contribution in [0, 0.1) is 11.3 Å². The van der Waals surface area contributed by atoms with Gasteiger partial charge in [0.1, 0.15) is 6.10 Å². The lowest BCUT2D eigenvalue weighted by atomic mass is 10.0. The highest BCUT2D eigenvalue weighted by Crippen LogP contribution is 2.20. The molecular weight excluding hydrogens is 250 g/mol. The second-order valence-electron chi connectivity index (χ2n) is 3.89. The molecule has 0 aliphatic carbocycles. The van der Waals surface area contributed by atoms with E-state index in [1.807, 2.05) is 6.07 Å². The molecule has 96 valence electrons. The molecule has 0 radical (unpaired) electrons. The topological polar surface area (TPSA) is 81.3 Å². The molecule has 18 heavy (non-hydrogen) atoms. The lowest BCUT2D eigenvalue weighted by Crippen LogP contribution is -2.21. The van der Waals surface area contributed by atoms with Crippen LogP contribution in [0.15, 0.2) is 24.3 Å². The van der Waals surface area contributed by atoms with Gasteiger partial charge in [0, 0.05) is 12.7 Å². The van der Waals surface area contributed by atoms with E-state index in [9.17, 15) is 15.0 Å². The van der Waals surface area contributed by atoms with Crippen LogP contribution in [0.3, 0.4) is 0 Å². The molecule has 0 saturated carbocycles. The number of aliphatic hydroxyl groups is 2. The zero-order chi connectivity index (χ0) is 13.5. The molecule has 0 amide bonds. The van der Waals surface area contributed by atoms with Gasteiger partial charge in [-0.15, -0.1) is 0 Å². The molecule has 0 fully saturated rings. The first-order valence-corrected chi connectivity index (χ1v) is 6.48. The van der Waals surface area contributed by atoms with Gasteiger partial charge in [-0.2, -0.15) is 5.26 Å². The number of aliphatic hydroxyl groups excluding tert-OH is 2. The van der Waals surface area contributed by atoms with Gasteiger partial charge in [0.05, 0.1) is 18.6 Å². The van der Waals surface area contributed by atoms with Crippen LogP contribution in [0.5, 0.6) is 0 Å². The van der Waals surface area contributed by atoms with Gasteiger partial charge < -0.3 is 10.2 Å². The van der Waals surface area contributed by atoms with Crippen LogP contribution < -0.4 is 0 Å². The SMILES string of the molecule is CC(=O)SCC(O)C(O)c1ccc(CC#N)cc1. The molecule has 2 unspecified atom stereocenters. The molecule has 0 heterocycles. The average molecular weight is 265 g/mol. The summed E-state index contributed by atoms with van der Waals surface area (Å²) >= 11 is 0.982. The standard InChI is InChI=1S/C13H15NO3S/c1-9(15)18-8-12(16)13(17)11-4-2-10(3-5-11)6-7-14/h2-5,12-13,16-17H,6,8H2,1H3. The molecule has 2 N–H and O–H groups in total. The fourth-order valence-electron chi connectivity index (χ4n) is 1.44. The molecule has 0 aliphatic heterocycles. The number of nitriles is 1. The van der Waals surface area contributed by atoms with Gasteiger partial charge in [-0.3, -0.25) is 4.79 Å². The van der Waals surface area contributed by atoms with Gasteiger partial charge in [-0.25, -0.2) is 0 Å². The monoisotopic (exact) mass is 265 g/mol. The summed E-state index contributed by atoms with van der Waals surface area (Å²) < 4.78 is 0. The summed E-state index contributed by atoms with van der Waals surface area (Å²) in [7, 11) is 0. The van der Waals surface area contributed by atoms with Crippen LogP contribution in [0.2, 0.25) is 0 Å². The average Bonchev–Trinajstić information content (AvgIpc) is 2.36. The van der Waals surface area contributed by atoms with Crippen LogP contribution in [-0.2, 0) is 11.2 Å². The molecule has 1 aromatic rings. The van der Waals surface area contributed by atoms with Crippen LogP contribution >= 0.6 is 11.8 Å². The van der Waals surface area contributed by atoms with Crippen LogP contribution in [0.25, 0.3) is 0 Å². The Kier molecular flexibility index (Phi) is 5.86. The largest absolute Gasteiger partial charge is 0.389 e. The minimum Gasteiger partial charge on any atom is -0.389 e. The number of hydrogen-bond donors (Lipinski definition) is 2. The maximum Gasteiger partial charge on any atom is 0.185 e. The number of benzene rings is 1. The molecule has 1 rings (SSSR count). The highest BCUT2D eigenvalue weighted by atomic mass is 32.2. The molecule has 0 bridgehead atoms. The zero-order valence-corrected chi connectivity index (χ0v) is 10.9. The van der Waals surface area contributed by atoms with E-state index in [2.05, 4.69) is 0 Å². The number of hydrogen-bond acceptors (Lipinski definition) is 5. The first kappa shape index (κ1) is 14.7. The Hall–Kier alpha value is -1.35. The minimum absolute atomic E-state index is 0.0920. The van der Waals surface area contributed by atoms with Crippen molar-refractivity contribution >= 4 is 16.9 Å². The third-order valence-electron chi connectivity index (χ3n) is 2.43. The van der Waals surface area contributed by atoms with Crippen molar-refractivity contribution < 1.29 is 15.0 Å². The van der Waals surface area contributed by atoms with E-state index in [1.165, 1.54) is 6.92 Å². The van der Waals surface area contributed by atoms with Gasteiger partial charge >= 0.3 is 0 Å². The molecule has 2 atom stereocenters. The molecule has 0 spiro atoms. The Morgan fingerprint density at radius 2 is 2.00 bits per heavy atom. The molecule has 5 heteroatoms. The first-order chi connectivity index (χ1) is 8.54. The van der Waals surface area contributed by atoms with Crippen molar-refractivity contribution in [2.75, 3.05) is 5.75 Å². The number of thioether (sulfide) groups is 1. The maximum atomic E-state index is 10.8. The summed E-state index contributed by atoms with van der Waals surface area (Å²) in [4.78, 5) is 10.8. The molecule has 0 aliphatic rings. The van der Waals surface area contributed by atoms with E-state index in [4.69, 9.17) is 5.26 Å². The minimum atomic E-state index is -1.02. The highest BCUT2D eigenvalue weighted by molar-refractivity contribution is 8.13. The Morgan fingerprint density at radius 1 is 1.39 bits per heavy atom. The van der Waals surface area contributed by atoms with Crippen LogP contribution in [-0.4, -0.2) is 27.2 Å². The van der Waals surface area contributed by atoms with Crippen molar-refractivity contribution in [1.29, 1.82) is 5.26 Å². The summed E-state index contributed by atoms with van der Waals surface area (Å²) in [6, 6.07) is 8.88. The van der Waals surface area contributed by atoms with E-state index in [0.29, 0.717) is 12.0 Å². The predicted molar refractivity (Wildman–Crippen MR) is 69.9 cm³/mol. The normalized spacial score (nSPS) is 13.7. The molecule has 1 aromatic carbocycles. The molecule has 4 nitrogen and oxygen atoms in total. The quantitative estimate of drug-likeness (QED) is 0.841. The van der Waals surface area contributed by atoms with E-state index in [-0.39, 0.29) is 10.9 Å². The number of rotatable bonds is 5. The molecule has 0 saturated heterocycles. The Balaban J connectivity index is 2.63. The van der Waals surface area contributed by atoms with Gasteiger partial charge in [-0.05, 0) is 11.1 Å². The lowest BCUT2D eigenvalue weighted by Gasteiger charge is -2.17. The van der Waals surface area contributed by atoms with E-state index < -0.39 is 12.2 Å². The summed E-state index contributed by atoms with van der Waals surface area (Å²) in [6.07, 6.45) is -1.69. The Morgan fingerprint density at radius 3 is 2.50 bits per heavy atom. The van der Waals surface area contributed by atoms with Crippen molar-refractivity contribution in [1.82, 2.24) is 0 Å². The number of carbonyl (C=O) groups excluding carboxylic acids is 1. The smallest absolute Gasteiger partial charge is 0.185 e. The fraction of sp³-hybridized carbons (Fsp3) is 0.385. The second kappa shape index (κ2) is 7.17. The van der Waals surface area contributed by atoms with Crippen molar-refractivity contribution in [3.05, 3.63) is 35.4 Å². The summed E-state index contributed by atoms with van der Waals surface area (Å²) in [5.41, 5.74) is 1.44. The third-order valence-corrected chi connectivity index (χ3v) is 3.34. The van der Waals surface area contributed by atoms with E-state index in [1.54, 1.807) is 24.3 Å². The third kappa shape index (κ3) is 4.49. The Labute approximate surface area is 110 Å². The van der Waals surface area contributed by atoms with Gasteiger partial charge in [0.15, 0.2) is 5.12 Å². The van der Waals surface area contributed by atoms with Gasteiger partial charge in [0.25, 0.3) is 0 Å².